The van der Waals surface area contributed by atoms with Crippen LogP contribution in [0.3, 0.4) is 0 Å². The standard InChI is InChI=1S/C12H16N2O3/c1-13-8-11(15)14-10-4-2-3-9(7-10)12-16-5-6-17-12/h2-4,7,12-13H,5-6,8H2,1H3,(H,14,15). The van der Waals surface area contributed by atoms with Gasteiger partial charge in [0, 0.05) is 11.3 Å². The Morgan fingerprint density at radius 3 is 2.88 bits per heavy atom. The fraction of sp³-hybridized carbons (Fsp3) is 0.417. The highest BCUT2D eigenvalue weighted by atomic mass is 16.7. The van der Waals surface area contributed by atoms with Crippen LogP contribution in [0.15, 0.2) is 24.3 Å². The van der Waals surface area contributed by atoms with Crippen LogP contribution in [0.25, 0.3) is 0 Å². The summed E-state index contributed by atoms with van der Waals surface area (Å²) in [6.07, 6.45) is -0.309. The number of hydrogen-bond donors (Lipinski definition) is 2. The first-order valence-corrected chi connectivity index (χ1v) is 5.57. The second-order valence-corrected chi connectivity index (χ2v) is 3.78. The highest BCUT2D eigenvalue weighted by molar-refractivity contribution is 5.92. The zero-order valence-corrected chi connectivity index (χ0v) is 9.73. The first-order valence-electron chi connectivity index (χ1n) is 5.57. The van der Waals surface area contributed by atoms with Gasteiger partial charge < -0.3 is 20.1 Å². The summed E-state index contributed by atoms with van der Waals surface area (Å²) in [5, 5.41) is 5.59. The Morgan fingerprint density at radius 2 is 2.18 bits per heavy atom. The van der Waals surface area contributed by atoms with Crippen molar-refractivity contribution in [2.24, 2.45) is 0 Å². The van der Waals surface area contributed by atoms with Crippen molar-refractivity contribution < 1.29 is 14.3 Å². The van der Waals surface area contributed by atoms with E-state index in [4.69, 9.17) is 9.47 Å². The molecule has 0 saturated carbocycles. The Kier molecular flexibility index (Phi) is 4.08. The van der Waals surface area contributed by atoms with E-state index in [1.54, 1.807) is 7.05 Å². The van der Waals surface area contributed by atoms with E-state index >= 15 is 0 Å². The van der Waals surface area contributed by atoms with E-state index in [1.807, 2.05) is 24.3 Å². The Labute approximate surface area is 100 Å². The normalized spacial score (nSPS) is 16.1. The Morgan fingerprint density at radius 1 is 1.41 bits per heavy atom. The van der Waals surface area contributed by atoms with Gasteiger partial charge in [0.1, 0.15) is 0 Å². The molecule has 1 saturated heterocycles. The molecule has 1 aliphatic heterocycles. The second kappa shape index (κ2) is 5.77. The van der Waals surface area contributed by atoms with Crippen molar-refractivity contribution >= 4 is 11.6 Å². The third-order valence-corrected chi connectivity index (χ3v) is 2.40. The van der Waals surface area contributed by atoms with Crippen molar-refractivity contribution in [3.05, 3.63) is 29.8 Å². The molecule has 5 heteroatoms. The summed E-state index contributed by atoms with van der Waals surface area (Å²) in [4.78, 5) is 11.4. The summed E-state index contributed by atoms with van der Waals surface area (Å²) < 4.78 is 10.8. The summed E-state index contributed by atoms with van der Waals surface area (Å²) in [6, 6.07) is 7.49. The number of nitrogens with one attached hydrogen (secondary N) is 2. The highest BCUT2D eigenvalue weighted by Crippen LogP contribution is 2.25. The van der Waals surface area contributed by atoms with Gasteiger partial charge in [0.25, 0.3) is 0 Å². The molecule has 1 amide bonds. The Hall–Kier alpha value is -1.43. The molecule has 0 radical (unpaired) electrons. The molecule has 1 aromatic carbocycles. The quantitative estimate of drug-likeness (QED) is 0.815. The largest absolute Gasteiger partial charge is 0.346 e. The summed E-state index contributed by atoms with van der Waals surface area (Å²) in [5.74, 6) is -0.0714. The van der Waals surface area contributed by atoms with E-state index in [9.17, 15) is 4.79 Å². The van der Waals surface area contributed by atoms with E-state index in [0.29, 0.717) is 19.8 Å². The minimum atomic E-state index is -0.309. The van der Waals surface area contributed by atoms with Crippen molar-refractivity contribution in [2.75, 3.05) is 32.1 Å². The molecule has 0 aliphatic carbocycles. The van der Waals surface area contributed by atoms with Crippen LogP contribution in [0.2, 0.25) is 0 Å². The third kappa shape index (κ3) is 3.26. The van der Waals surface area contributed by atoms with Gasteiger partial charge in [-0.25, -0.2) is 0 Å². The van der Waals surface area contributed by atoms with Crippen LogP contribution >= 0.6 is 0 Å². The van der Waals surface area contributed by atoms with Gasteiger partial charge in [0.15, 0.2) is 6.29 Å². The molecule has 1 aliphatic rings. The maximum Gasteiger partial charge on any atom is 0.238 e. The third-order valence-electron chi connectivity index (χ3n) is 2.40. The SMILES string of the molecule is CNCC(=O)Nc1cccc(C2OCCO2)c1. The molecule has 2 N–H and O–H groups in total. The lowest BCUT2D eigenvalue weighted by molar-refractivity contribution is -0.115. The lowest BCUT2D eigenvalue weighted by Crippen LogP contribution is -2.25. The van der Waals surface area contributed by atoms with E-state index < -0.39 is 0 Å². The molecular formula is C12H16N2O3. The molecule has 92 valence electrons. The maximum atomic E-state index is 11.4. The predicted molar refractivity (Wildman–Crippen MR) is 63.6 cm³/mol. The van der Waals surface area contributed by atoms with Crippen molar-refractivity contribution in [2.45, 2.75) is 6.29 Å². The van der Waals surface area contributed by atoms with E-state index in [-0.39, 0.29) is 12.2 Å². The molecule has 0 atom stereocenters. The lowest BCUT2D eigenvalue weighted by Gasteiger charge is -2.11. The topological polar surface area (TPSA) is 59.6 Å². The summed E-state index contributed by atoms with van der Waals surface area (Å²) in [5.41, 5.74) is 1.67. The molecule has 2 rings (SSSR count). The number of carbonyl (C=O) groups is 1. The van der Waals surface area contributed by atoms with Crippen LogP contribution in [0.1, 0.15) is 11.9 Å². The van der Waals surface area contributed by atoms with Crippen LogP contribution in [-0.4, -0.2) is 32.7 Å². The van der Waals surface area contributed by atoms with Crippen LogP contribution in [0.4, 0.5) is 5.69 Å². The van der Waals surface area contributed by atoms with Gasteiger partial charge in [-0.15, -0.1) is 0 Å². The van der Waals surface area contributed by atoms with E-state index in [2.05, 4.69) is 10.6 Å². The predicted octanol–water partition coefficient (Wildman–Crippen LogP) is 0.890. The molecule has 1 heterocycles. The van der Waals surface area contributed by atoms with Gasteiger partial charge in [-0.3, -0.25) is 4.79 Å². The lowest BCUT2D eigenvalue weighted by atomic mass is 10.2. The molecule has 17 heavy (non-hydrogen) atoms. The van der Waals surface area contributed by atoms with Crippen LogP contribution in [0.5, 0.6) is 0 Å². The average Bonchev–Trinajstić information content (AvgIpc) is 2.83. The molecule has 1 aromatic rings. The van der Waals surface area contributed by atoms with Crippen molar-refractivity contribution in [3.8, 4) is 0 Å². The van der Waals surface area contributed by atoms with Crippen LogP contribution in [-0.2, 0) is 14.3 Å². The number of likely N-dealkylation sites (N-methyl/N-ethyl adjacent to an activating group) is 1. The molecule has 1 fully saturated rings. The first-order chi connectivity index (χ1) is 8.29. The van der Waals surface area contributed by atoms with Crippen LogP contribution < -0.4 is 10.6 Å². The van der Waals surface area contributed by atoms with E-state index in [1.165, 1.54) is 0 Å². The monoisotopic (exact) mass is 236 g/mol. The van der Waals surface area contributed by atoms with Gasteiger partial charge in [-0.05, 0) is 19.2 Å². The molecule has 0 unspecified atom stereocenters. The van der Waals surface area contributed by atoms with Gasteiger partial charge >= 0.3 is 0 Å². The number of rotatable bonds is 4. The van der Waals surface area contributed by atoms with Crippen molar-refractivity contribution in [1.29, 1.82) is 0 Å². The van der Waals surface area contributed by atoms with Gasteiger partial charge in [-0.2, -0.15) is 0 Å². The van der Waals surface area contributed by atoms with Gasteiger partial charge in [0.2, 0.25) is 5.91 Å². The number of benzene rings is 1. The van der Waals surface area contributed by atoms with Gasteiger partial charge in [0.05, 0.1) is 19.8 Å². The van der Waals surface area contributed by atoms with Crippen molar-refractivity contribution in [3.63, 3.8) is 0 Å². The minimum Gasteiger partial charge on any atom is -0.346 e. The number of carbonyl (C=O) groups excluding carboxylic acids is 1. The minimum absolute atomic E-state index is 0.0714. The molecule has 0 bridgehead atoms. The number of hydrogen-bond acceptors (Lipinski definition) is 4. The fourth-order valence-corrected chi connectivity index (χ4v) is 1.68. The number of anilines is 1. The smallest absolute Gasteiger partial charge is 0.238 e. The molecule has 5 nitrogen and oxygen atoms in total. The second-order valence-electron chi connectivity index (χ2n) is 3.78. The fourth-order valence-electron chi connectivity index (χ4n) is 1.68. The number of ether oxygens (including phenoxy) is 2. The van der Waals surface area contributed by atoms with Crippen molar-refractivity contribution in [1.82, 2.24) is 5.32 Å². The Balaban J connectivity index is 2.03. The zero-order valence-electron chi connectivity index (χ0n) is 9.73. The Bertz CT molecular complexity index is 389. The van der Waals surface area contributed by atoms with E-state index in [0.717, 1.165) is 11.3 Å². The van der Waals surface area contributed by atoms with Gasteiger partial charge in [-0.1, -0.05) is 12.1 Å². The first kappa shape index (κ1) is 12.0. The summed E-state index contributed by atoms with van der Waals surface area (Å²) in [7, 11) is 1.73. The molecule has 0 aromatic heterocycles. The zero-order chi connectivity index (χ0) is 12.1. The van der Waals surface area contributed by atoms with Crippen LogP contribution in [0, 0.1) is 0 Å². The average molecular weight is 236 g/mol. The molecular weight excluding hydrogens is 220 g/mol. The molecule has 0 spiro atoms. The number of amides is 1. The summed E-state index contributed by atoms with van der Waals surface area (Å²) >= 11 is 0. The summed E-state index contributed by atoms with van der Waals surface area (Å²) in [6.45, 7) is 1.52. The highest BCUT2D eigenvalue weighted by Gasteiger charge is 2.18. The maximum absolute atomic E-state index is 11.4.